The topological polar surface area (TPSA) is 58.1 Å². The van der Waals surface area contributed by atoms with Crippen molar-refractivity contribution in [1.29, 1.82) is 0 Å². The molecule has 0 amide bonds. The van der Waals surface area contributed by atoms with Crippen molar-refractivity contribution < 1.29 is 0 Å². The Morgan fingerprint density at radius 3 is 2.72 bits per heavy atom. The lowest BCUT2D eigenvalue weighted by atomic mass is 9.87. The van der Waals surface area contributed by atoms with Crippen LogP contribution in [0.2, 0.25) is 0 Å². The number of hydrogen-bond acceptors (Lipinski definition) is 3. The van der Waals surface area contributed by atoms with E-state index in [0.29, 0.717) is 23.4 Å². The summed E-state index contributed by atoms with van der Waals surface area (Å²) >= 11 is 0. The number of allylic oxidation sites excluding steroid dienone is 1. The molecule has 2 heterocycles. The minimum atomic E-state index is -0.349. The maximum Gasteiger partial charge on any atom is 0.328 e. The summed E-state index contributed by atoms with van der Waals surface area (Å²) in [5.41, 5.74) is 3.11. The van der Waals surface area contributed by atoms with Crippen molar-refractivity contribution in [3.05, 3.63) is 75.5 Å². The zero-order valence-electron chi connectivity index (χ0n) is 16.6. The van der Waals surface area contributed by atoms with Crippen LogP contribution < -0.4 is 16.1 Å². The van der Waals surface area contributed by atoms with Gasteiger partial charge in [0.1, 0.15) is 0 Å². The van der Waals surface area contributed by atoms with Crippen molar-refractivity contribution in [3.63, 3.8) is 0 Å². The maximum absolute atomic E-state index is 12.9. The lowest BCUT2D eigenvalue weighted by molar-refractivity contribution is 0.352. The zero-order valence-corrected chi connectivity index (χ0v) is 16.6. The predicted octanol–water partition coefficient (Wildman–Crippen LogP) is 3.78. The summed E-state index contributed by atoms with van der Waals surface area (Å²) in [7, 11) is 0. The van der Waals surface area contributed by atoms with Gasteiger partial charge in [-0.1, -0.05) is 42.5 Å². The first-order valence-corrected chi connectivity index (χ1v) is 10.4. The molecule has 29 heavy (non-hydrogen) atoms. The van der Waals surface area contributed by atoms with Gasteiger partial charge in [0.25, 0.3) is 5.56 Å². The molecule has 0 bridgehead atoms. The number of fused-ring (bicyclic) bond motifs is 2. The van der Waals surface area contributed by atoms with E-state index >= 15 is 0 Å². The second-order valence-corrected chi connectivity index (χ2v) is 8.08. The summed E-state index contributed by atoms with van der Waals surface area (Å²) in [5.74, 6) is 1.26. The van der Waals surface area contributed by atoms with E-state index in [1.54, 1.807) is 4.57 Å². The number of aromatic amines is 1. The second kappa shape index (κ2) is 7.07. The highest BCUT2D eigenvalue weighted by Gasteiger charge is 2.31. The van der Waals surface area contributed by atoms with Gasteiger partial charge in [-0.15, -0.1) is 0 Å². The highest BCUT2D eigenvalue weighted by Crippen LogP contribution is 2.38. The number of nitrogens with one attached hydrogen (secondary N) is 1. The fraction of sp³-hybridized carbons (Fsp3) is 0.333. The monoisotopic (exact) mass is 387 g/mol. The molecule has 1 aliphatic carbocycles. The molecule has 5 heteroatoms. The number of piperidine rings is 1. The molecule has 0 spiro atoms. The molecule has 1 saturated heterocycles. The van der Waals surface area contributed by atoms with E-state index in [9.17, 15) is 9.59 Å². The first kappa shape index (κ1) is 18.0. The van der Waals surface area contributed by atoms with E-state index in [-0.39, 0.29) is 11.2 Å². The first-order valence-electron chi connectivity index (χ1n) is 10.4. The van der Waals surface area contributed by atoms with E-state index in [2.05, 4.69) is 40.2 Å². The van der Waals surface area contributed by atoms with Gasteiger partial charge in [-0.2, -0.15) is 0 Å². The van der Waals surface area contributed by atoms with Crippen LogP contribution in [-0.2, 0) is 6.54 Å². The zero-order chi connectivity index (χ0) is 20.0. The molecule has 2 aliphatic rings. The lowest BCUT2D eigenvalue weighted by Gasteiger charge is -2.37. The summed E-state index contributed by atoms with van der Waals surface area (Å²) in [6.07, 6.45) is 6.91. The third kappa shape index (κ3) is 3.01. The molecule has 1 aliphatic heterocycles. The van der Waals surface area contributed by atoms with Crippen molar-refractivity contribution in [2.75, 3.05) is 18.0 Å². The molecule has 2 atom stereocenters. The highest BCUT2D eigenvalue weighted by molar-refractivity contribution is 5.95. The second-order valence-electron chi connectivity index (χ2n) is 8.08. The van der Waals surface area contributed by atoms with Crippen LogP contribution in [0.1, 0.15) is 19.8 Å². The molecule has 5 rings (SSSR count). The quantitative estimate of drug-likeness (QED) is 0.696. The van der Waals surface area contributed by atoms with Gasteiger partial charge < -0.3 is 4.90 Å². The molecule has 1 aromatic heterocycles. The summed E-state index contributed by atoms with van der Waals surface area (Å²) in [5, 5.41) is 0.617. The van der Waals surface area contributed by atoms with Gasteiger partial charge >= 0.3 is 5.69 Å². The Morgan fingerprint density at radius 2 is 1.93 bits per heavy atom. The standard InChI is InChI=1S/C24H25N3O2/c1-2-27-21-14-19(16-7-4-3-5-8-16)13-20(22(21)23(28)25-24(27)29)26-12-11-17-9-6-10-18(17)15-26/h3-8,10,13-14,17-18H,2,9,11-12,15H2,1H3,(H,25,28,29)/t17-,18+/m1/s1. The van der Waals surface area contributed by atoms with Crippen LogP contribution in [0.25, 0.3) is 22.0 Å². The van der Waals surface area contributed by atoms with E-state index in [1.165, 1.54) is 6.42 Å². The van der Waals surface area contributed by atoms with Gasteiger partial charge in [-0.3, -0.25) is 14.3 Å². The van der Waals surface area contributed by atoms with Crippen molar-refractivity contribution in [2.24, 2.45) is 11.8 Å². The summed E-state index contributed by atoms with van der Waals surface area (Å²) in [6, 6.07) is 14.3. The molecule has 3 aromatic rings. The van der Waals surface area contributed by atoms with Crippen LogP contribution in [0.3, 0.4) is 0 Å². The normalized spacial score (nSPS) is 20.9. The number of aromatic nitrogens is 2. The molecule has 2 aromatic carbocycles. The van der Waals surface area contributed by atoms with Crippen LogP contribution in [-0.4, -0.2) is 22.6 Å². The third-order valence-electron chi connectivity index (χ3n) is 6.47. The minimum absolute atomic E-state index is 0.298. The average molecular weight is 387 g/mol. The average Bonchev–Trinajstić information content (AvgIpc) is 3.21. The molecular formula is C24H25N3O2. The number of benzene rings is 2. The van der Waals surface area contributed by atoms with Gasteiger partial charge in [-0.25, -0.2) is 4.79 Å². The Labute approximate surface area is 169 Å². The van der Waals surface area contributed by atoms with Gasteiger partial charge in [-0.05, 0) is 54.9 Å². The number of aryl methyl sites for hydroxylation is 1. The first-order chi connectivity index (χ1) is 14.2. The number of rotatable bonds is 3. The Balaban J connectivity index is 1.76. The Hall–Kier alpha value is -3.08. The van der Waals surface area contributed by atoms with Crippen molar-refractivity contribution in [1.82, 2.24) is 9.55 Å². The molecule has 0 unspecified atom stereocenters. The van der Waals surface area contributed by atoms with Gasteiger partial charge in [0.15, 0.2) is 0 Å². The largest absolute Gasteiger partial charge is 0.370 e. The fourth-order valence-electron chi connectivity index (χ4n) is 4.94. The molecule has 0 saturated carbocycles. The molecule has 0 radical (unpaired) electrons. The van der Waals surface area contributed by atoms with Crippen molar-refractivity contribution >= 4 is 16.6 Å². The van der Waals surface area contributed by atoms with Gasteiger partial charge in [0, 0.05) is 19.6 Å². The Bertz CT molecular complexity index is 1210. The molecular weight excluding hydrogens is 362 g/mol. The number of H-pyrrole nitrogens is 1. The highest BCUT2D eigenvalue weighted by atomic mass is 16.2. The van der Waals surface area contributed by atoms with Crippen LogP contribution in [0.15, 0.2) is 64.2 Å². The third-order valence-corrected chi connectivity index (χ3v) is 6.47. The molecule has 1 N–H and O–H groups in total. The Morgan fingerprint density at radius 1 is 1.10 bits per heavy atom. The summed E-state index contributed by atoms with van der Waals surface area (Å²) < 4.78 is 1.66. The van der Waals surface area contributed by atoms with Crippen LogP contribution in [0.5, 0.6) is 0 Å². The summed E-state index contributed by atoms with van der Waals surface area (Å²) in [4.78, 5) is 30.2. The molecule has 5 nitrogen and oxygen atoms in total. The van der Waals surface area contributed by atoms with Gasteiger partial charge in [0.2, 0.25) is 0 Å². The van der Waals surface area contributed by atoms with E-state index in [1.807, 2.05) is 31.2 Å². The SMILES string of the molecule is CCn1c(=O)[nH]c(=O)c2c(N3CC[C@H]4CC=C[C@H]4C3)cc(-c3ccccc3)cc21. The van der Waals surface area contributed by atoms with E-state index in [4.69, 9.17) is 0 Å². The number of hydrogen-bond donors (Lipinski definition) is 1. The van der Waals surface area contributed by atoms with Crippen molar-refractivity contribution in [2.45, 2.75) is 26.3 Å². The molecule has 1 fully saturated rings. The lowest BCUT2D eigenvalue weighted by Crippen LogP contribution is -2.39. The van der Waals surface area contributed by atoms with E-state index < -0.39 is 0 Å². The number of anilines is 1. The van der Waals surface area contributed by atoms with Gasteiger partial charge in [0.05, 0.1) is 16.6 Å². The summed E-state index contributed by atoms with van der Waals surface area (Å²) in [6.45, 7) is 4.29. The smallest absolute Gasteiger partial charge is 0.328 e. The maximum atomic E-state index is 12.9. The van der Waals surface area contributed by atoms with E-state index in [0.717, 1.165) is 42.2 Å². The van der Waals surface area contributed by atoms with Crippen molar-refractivity contribution in [3.8, 4) is 11.1 Å². The van der Waals surface area contributed by atoms with Crippen LogP contribution in [0.4, 0.5) is 5.69 Å². The number of nitrogens with zero attached hydrogens (tertiary/aromatic N) is 2. The fourth-order valence-corrected chi connectivity index (χ4v) is 4.94. The minimum Gasteiger partial charge on any atom is -0.370 e. The molecule has 148 valence electrons. The Kier molecular flexibility index (Phi) is 4.38. The predicted molar refractivity (Wildman–Crippen MR) is 118 cm³/mol. The van der Waals surface area contributed by atoms with Crippen LogP contribution in [0, 0.1) is 11.8 Å². The van der Waals surface area contributed by atoms with Crippen LogP contribution >= 0.6 is 0 Å².